The Labute approximate surface area is 143 Å². The molecule has 1 atom stereocenters. The van der Waals surface area contributed by atoms with E-state index in [0.29, 0.717) is 23.7 Å². The summed E-state index contributed by atoms with van der Waals surface area (Å²) in [6, 6.07) is 11.1. The number of carbonyl (C=O) groups is 1. The van der Waals surface area contributed by atoms with Crippen molar-refractivity contribution < 1.29 is 9.53 Å². The maximum absolute atomic E-state index is 12.5. The van der Waals surface area contributed by atoms with Gasteiger partial charge in [0, 0.05) is 35.9 Å². The molecule has 23 heavy (non-hydrogen) atoms. The molecule has 1 amide bonds. The van der Waals surface area contributed by atoms with Crippen LogP contribution in [0.3, 0.4) is 0 Å². The van der Waals surface area contributed by atoms with Crippen LogP contribution in [0.5, 0.6) is 11.6 Å². The van der Waals surface area contributed by atoms with Gasteiger partial charge in [0.05, 0.1) is 5.56 Å². The number of hydrogen-bond donors (Lipinski definition) is 1. The van der Waals surface area contributed by atoms with Crippen molar-refractivity contribution in [2.24, 2.45) is 5.73 Å². The zero-order valence-corrected chi connectivity index (χ0v) is 14.2. The lowest BCUT2D eigenvalue weighted by molar-refractivity contribution is 0.0740. The van der Waals surface area contributed by atoms with Crippen molar-refractivity contribution in [1.82, 2.24) is 9.88 Å². The first-order chi connectivity index (χ1) is 11.2. The Morgan fingerprint density at radius 3 is 2.96 bits per heavy atom. The molecule has 1 saturated heterocycles. The third kappa shape index (κ3) is 3.71. The molecule has 0 bridgehead atoms. The zero-order valence-electron chi connectivity index (χ0n) is 12.6. The maximum atomic E-state index is 12.5. The molecule has 1 aliphatic heterocycles. The highest BCUT2D eigenvalue weighted by Gasteiger charge is 2.28. The van der Waals surface area contributed by atoms with Gasteiger partial charge < -0.3 is 15.4 Å². The van der Waals surface area contributed by atoms with Gasteiger partial charge in [-0.05, 0) is 37.1 Å². The Balaban J connectivity index is 1.70. The van der Waals surface area contributed by atoms with E-state index in [-0.39, 0.29) is 11.9 Å². The molecular weight excluding hydrogens is 358 g/mol. The molecule has 5 nitrogen and oxygen atoms in total. The molecule has 1 aromatic carbocycles. The van der Waals surface area contributed by atoms with Crippen molar-refractivity contribution in [2.75, 3.05) is 13.1 Å². The highest BCUT2D eigenvalue weighted by molar-refractivity contribution is 9.10. The highest BCUT2D eigenvalue weighted by atomic mass is 79.9. The molecule has 1 aliphatic rings. The molecule has 0 spiro atoms. The Bertz CT molecular complexity index is 690. The molecule has 6 heteroatoms. The molecule has 1 aromatic heterocycles. The van der Waals surface area contributed by atoms with E-state index in [4.69, 9.17) is 10.5 Å². The number of benzene rings is 1. The van der Waals surface area contributed by atoms with Gasteiger partial charge in [-0.25, -0.2) is 4.98 Å². The van der Waals surface area contributed by atoms with E-state index in [2.05, 4.69) is 20.9 Å². The van der Waals surface area contributed by atoms with Gasteiger partial charge in [0.25, 0.3) is 5.91 Å². The van der Waals surface area contributed by atoms with Crippen LogP contribution in [0, 0.1) is 0 Å². The van der Waals surface area contributed by atoms with Crippen molar-refractivity contribution in [1.29, 1.82) is 0 Å². The van der Waals surface area contributed by atoms with E-state index in [1.54, 1.807) is 18.3 Å². The van der Waals surface area contributed by atoms with E-state index in [1.807, 2.05) is 29.2 Å². The highest BCUT2D eigenvalue weighted by Crippen LogP contribution is 2.24. The van der Waals surface area contributed by atoms with Crippen LogP contribution in [0.15, 0.2) is 47.1 Å². The Morgan fingerprint density at radius 2 is 2.26 bits per heavy atom. The number of carbonyl (C=O) groups excluding carboxylic acids is 1. The van der Waals surface area contributed by atoms with Gasteiger partial charge in [-0.2, -0.15) is 0 Å². The van der Waals surface area contributed by atoms with Crippen LogP contribution in [0.4, 0.5) is 0 Å². The number of aromatic nitrogens is 1. The van der Waals surface area contributed by atoms with Gasteiger partial charge in [0.2, 0.25) is 5.88 Å². The fourth-order valence-electron chi connectivity index (χ4n) is 2.73. The summed E-state index contributed by atoms with van der Waals surface area (Å²) >= 11 is 3.40. The summed E-state index contributed by atoms with van der Waals surface area (Å²) in [4.78, 5) is 18.6. The lowest BCUT2D eigenvalue weighted by Gasteiger charge is -2.23. The molecule has 2 N–H and O–H groups in total. The van der Waals surface area contributed by atoms with Crippen LogP contribution >= 0.6 is 15.9 Å². The molecule has 120 valence electrons. The van der Waals surface area contributed by atoms with Crippen molar-refractivity contribution in [3.63, 3.8) is 0 Å². The molecule has 0 saturated carbocycles. The average molecular weight is 376 g/mol. The van der Waals surface area contributed by atoms with E-state index in [1.165, 1.54) is 0 Å². The molecular formula is C17H18BrN3O2. The largest absolute Gasteiger partial charge is 0.439 e. The van der Waals surface area contributed by atoms with Crippen LogP contribution < -0.4 is 10.5 Å². The van der Waals surface area contributed by atoms with Gasteiger partial charge in [0.1, 0.15) is 5.75 Å². The average Bonchev–Trinajstić information content (AvgIpc) is 3.03. The summed E-state index contributed by atoms with van der Waals surface area (Å²) in [5.41, 5.74) is 6.29. The summed E-state index contributed by atoms with van der Waals surface area (Å²) in [5, 5.41) is 0. The van der Waals surface area contributed by atoms with Gasteiger partial charge >= 0.3 is 0 Å². The SMILES string of the molecule is NCC1CCCN1C(=O)c1ccc(Oc2cccc(Br)c2)nc1. The number of ether oxygens (including phenoxy) is 1. The number of nitrogens with two attached hydrogens (primary N) is 1. The number of amides is 1. The van der Waals surface area contributed by atoms with Gasteiger partial charge in [-0.1, -0.05) is 22.0 Å². The second kappa shape index (κ2) is 7.10. The zero-order chi connectivity index (χ0) is 16.2. The predicted molar refractivity (Wildman–Crippen MR) is 91.6 cm³/mol. The third-order valence-electron chi connectivity index (χ3n) is 3.91. The molecule has 0 radical (unpaired) electrons. The summed E-state index contributed by atoms with van der Waals surface area (Å²) in [7, 11) is 0. The minimum Gasteiger partial charge on any atom is -0.439 e. The van der Waals surface area contributed by atoms with Gasteiger partial charge in [-0.3, -0.25) is 4.79 Å². The summed E-state index contributed by atoms with van der Waals surface area (Å²) in [6.45, 7) is 1.26. The lowest BCUT2D eigenvalue weighted by atomic mass is 10.2. The number of pyridine rings is 1. The second-order valence-electron chi connectivity index (χ2n) is 5.47. The molecule has 2 heterocycles. The topological polar surface area (TPSA) is 68.5 Å². The summed E-state index contributed by atoms with van der Waals surface area (Å²) in [5.74, 6) is 1.13. The van der Waals surface area contributed by atoms with E-state index >= 15 is 0 Å². The number of nitrogens with zero attached hydrogens (tertiary/aromatic N) is 2. The quantitative estimate of drug-likeness (QED) is 0.890. The number of likely N-dealkylation sites (tertiary alicyclic amines) is 1. The predicted octanol–water partition coefficient (Wildman–Crippen LogP) is 3.20. The van der Waals surface area contributed by atoms with Crippen molar-refractivity contribution >= 4 is 21.8 Å². The Kier molecular flexibility index (Phi) is 4.93. The minimum absolute atomic E-state index is 0.0144. The first-order valence-corrected chi connectivity index (χ1v) is 8.37. The standard InChI is InChI=1S/C17H18BrN3O2/c18-13-3-1-5-15(9-13)23-16-7-6-12(11-20-16)17(22)21-8-2-4-14(21)10-19/h1,3,5-7,9,11,14H,2,4,8,10,19H2. The van der Waals surface area contributed by atoms with Crippen LogP contribution in [-0.2, 0) is 0 Å². The van der Waals surface area contributed by atoms with Gasteiger partial charge in [-0.15, -0.1) is 0 Å². The van der Waals surface area contributed by atoms with Crippen LogP contribution in [-0.4, -0.2) is 34.9 Å². The first-order valence-electron chi connectivity index (χ1n) is 7.58. The third-order valence-corrected chi connectivity index (χ3v) is 4.41. The van der Waals surface area contributed by atoms with Crippen molar-refractivity contribution in [2.45, 2.75) is 18.9 Å². The molecule has 3 rings (SSSR count). The van der Waals surface area contributed by atoms with Crippen molar-refractivity contribution in [3.05, 3.63) is 52.6 Å². The fraction of sp³-hybridized carbons (Fsp3) is 0.294. The molecule has 0 aliphatic carbocycles. The maximum Gasteiger partial charge on any atom is 0.255 e. The van der Waals surface area contributed by atoms with E-state index in [9.17, 15) is 4.79 Å². The number of halogens is 1. The molecule has 1 fully saturated rings. The monoisotopic (exact) mass is 375 g/mol. The lowest BCUT2D eigenvalue weighted by Crippen LogP contribution is -2.39. The summed E-state index contributed by atoms with van der Waals surface area (Å²) < 4.78 is 6.61. The fourth-order valence-corrected chi connectivity index (χ4v) is 3.11. The van der Waals surface area contributed by atoms with Crippen LogP contribution in [0.1, 0.15) is 23.2 Å². The molecule has 2 aromatic rings. The minimum atomic E-state index is -0.0144. The first kappa shape index (κ1) is 16.0. The molecule has 1 unspecified atom stereocenters. The van der Waals surface area contributed by atoms with Crippen molar-refractivity contribution in [3.8, 4) is 11.6 Å². The smallest absolute Gasteiger partial charge is 0.255 e. The van der Waals surface area contributed by atoms with E-state index < -0.39 is 0 Å². The Hall–Kier alpha value is -1.92. The Morgan fingerprint density at radius 1 is 1.39 bits per heavy atom. The van der Waals surface area contributed by atoms with Crippen LogP contribution in [0.25, 0.3) is 0 Å². The van der Waals surface area contributed by atoms with Gasteiger partial charge in [0.15, 0.2) is 0 Å². The summed E-state index contributed by atoms with van der Waals surface area (Å²) in [6.07, 6.45) is 3.53. The number of rotatable bonds is 4. The van der Waals surface area contributed by atoms with E-state index in [0.717, 1.165) is 23.9 Å². The normalized spacial score (nSPS) is 17.3. The number of hydrogen-bond acceptors (Lipinski definition) is 4. The second-order valence-corrected chi connectivity index (χ2v) is 6.39. The van der Waals surface area contributed by atoms with Crippen LogP contribution in [0.2, 0.25) is 0 Å².